The monoisotopic (exact) mass is 322 g/mol. The topological polar surface area (TPSA) is 17.1 Å². The van der Waals surface area contributed by atoms with Crippen molar-refractivity contribution in [1.29, 1.82) is 0 Å². The van der Waals surface area contributed by atoms with Gasteiger partial charge >= 0.3 is 0 Å². The maximum atomic E-state index is 10.8. The van der Waals surface area contributed by atoms with E-state index >= 15 is 0 Å². The van der Waals surface area contributed by atoms with Crippen molar-refractivity contribution in [2.24, 2.45) is 0 Å². The van der Waals surface area contributed by atoms with Gasteiger partial charge in [0.1, 0.15) is 4.34 Å². The predicted octanol–water partition coefficient (Wildman–Crippen LogP) is 3.97. The maximum absolute atomic E-state index is 10.8. The number of benzene rings is 1. The molecular formula is C9H4ClIOS. The largest absolute Gasteiger partial charge is 0.298 e. The van der Waals surface area contributed by atoms with E-state index in [4.69, 9.17) is 11.6 Å². The number of carbonyl (C=O) groups excluding carboxylic acids is 1. The van der Waals surface area contributed by atoms with Crippen LogP contribution in [0.3, 0.4) is 0 Å². The molecule has 0 saturated carbocycles. The van der Waals surface area contributed by atoms with Gasteiger partial charge < -0.3 is 0 Å². The van der Waals surface area contributed by atoms with Crippen LogP contribution in [0.2, 0.25) is 4.34 Å². The molecule has 0 atom stereocenters. The zero-order valence-electron chi connectivity index (χ0n) is 6.38. The third kappa shape index (κ3) is 1.49. The van der Waals surface area contributed by atoms with Crippen LogP contribution in [0.25, 0.3) is 10.1 Å². The lowest BCUT2D eigenvalue weighted by Crippen LogP contribution is -1.79. The number of hydrogen-bond acceptors (Lipinski definition) is 2. The fraction of sp³-hybridized carbons (Fsp3) is 0. The number of fused-ring (bicyclic) bond motifs is 1. The van der Waals surface area contributed by atoms with Gasteiger partial charge in [0.2, 0.25) is 0 Å². The van der Waals surface area contributed by atoms with Gasteiger partial charge in [-0.15, -0.1) is 11.3 Å². The lowest BCUT2D eigenvalue weighted by molar-refractivity contribution is 0.112. The Labute approximate surface area is 97.8 Å². The molecule has 66 valence electrons. The van der Waals surface area contributed by atoms with E-state index in [-0.39, 0.29) is 0 Å². The molecule has 4 heteroatoms. The molecule has 1 aromatic heterocycles. The minimum absolute atomic E-state index is 0.578. The molecule has 2 aromatic rings. The van der Waals surface area contributed by atoms with Crippen LogP contribution in [-0.2, 0) is 0 Å². The Morgan fingerprint density at radius 1 is 1.46 bits per heavy atom. The standard InChI is InChI=1S/C9H4ClIOS/c10-9-5(4-12)8-6(11)2-1-3-7(8)13-9/h1-4H. The highest BCUT2D eigenvalue weighted by Crippen LogP contribution is 2.36. The van der Waals surface area contributed by atoms with Gasteiger partial charge in [0.25, 0.3) is 0 Å². The summed E-state index contributed by atoms with van der Waals surface area (Å²) in [4.78, 5) is 10.8. The van der Waals surface area contributed by atoms with Crippen LogP contribution in [-0.4, -0.2) is 6.29 Å². The van der Waals surface area contributed by atoms with E-state index in [9.17, 15) is 4.79 Å². The molecule has 1 nitrogen and oxygen atoms in total. The summed E-state index contributed by atoms with van der Waals surface area (Å²) in [6.07, 6.45) is 0.823. The van der Waals surface area contributed by atoms with Crippen molar-refractivity contribution >= 4 is 61.9 Å². The van der Waals surface area contributed by atoms with Gasteiger partial charge in [-0.2, -0.15) is 0 Å². The van der Waals surface area contributed by atoms with Crippen molar-refractivity contribution < 1.29 is 4.79 Å². The summed E-state index contributed by atoms with van der Waals surface area (Å²) in [7, 11) is 0. The third-order valence-corrected chi connectivity index (χ3v) is 4.07. The zero-order valence-corrected chi connectivity index (χ0v) is 10.1. The Morgan fingerprint density at radius 2 is 2.23 bits per heavy atom. The van der Waals surface area contributed by atoms with Crippen molar-refractivity contribution in [2.45, 2.75) is 0 Å². The molecule has 1 heterocycles. The van der Waals surface area contributed by atoms with Crippen LogP contribution in [0, 0.1) is 3.57 Å². The van der Waals surface area contributed by atoms with Gasteiger partial charge in [-0.1, -0.05) is 17.7 Å². The van der Waals surface area contributed by atoms with Crippen LogP contribution >= 0.6 is 45.5 Å². The lowest BCUT2D eigenvalue weighted by Gasteiger charge is -1.93. The van der Waals surface area contributed by atoms with Crippen LogP contribution in [0.1, 0.15) is 10.4 Å². The Balaban J connectivity index is 2.96. The van der Waals surface area contributed by atoms with Gasteiger partial charge in [0.15, 0.2) is 6.29 Å². The molecule has 0 aliphatic heterocycles. The molecule has 1 aromatic carbocycles. The van der Waals surface area contributed by atoms with Gasteiger partial charge in [-0.05, 0) is 34.7 Å². The normalized spacial score (nSPS) is 10.6. The first-order valence-electron chi connectivity index (χ1n) is 3.55. The Kier molecular flexibility index (Phi) is 2.58. The van der Waals surface area contributed by atoms with Gasteiger partial charge in [-0.25, -0.2) is 0 Å². The summed E-state index contributed by atoms with van der Waals surface area (Å²) in [6, 6.07) is 5.91. The first-order chi connectivity index (χ1) is 6.24. The lowest BCUT2D eigenvalue weighted by atomic mass is 10.2. The SMILES string of the molecule is O=Cc1c(Cl)sc2cccc(I)c12. The van der Waals surface area contributed by atoms with Crippen LogP contribution in [0.15, 0.2) is 18.2 Å². The highest BCUT2D eigenvalue weighted by Gasteiger charge is 2.11. The quantitative estimate of drug-likeness (QED) is 0.573. The van der Waals surface area contributed by atoms with Crippen LogP contribution in [0.4, 0.5) is 0 Å². The van der Waals surface area contributed by atoms with Crippen LogP contribution < -0.4 is 0 Å². The molecule has 0 radical (unpaired) electrons. The van der Waals surface area contributed by atoms with E-state index in [0.29, 0.717) is 9.90 Å². The summed E-state index contributed by atoms with van der Waals surface area (Å²) >= 11 is 9.58. The van der Waals surface area contributed by atoms with Crippen molar-refractivity contribution in [3.63, 3.8) is 0 Å². The van der Waals surface area contributed by atoms with Crippen molar-refractivity contribution in [3.8, 4) is 0 Å². The van der Waals surface area contributed by atoms with Gasteiger partial charge in [-0.3, -0.25) is 4.79 Å². The third-order valence-electron chi connectivity index (χ3n) is 1.77. The van der Waals surface area contributed by atoms with E-state index in [1.165, 1.54) is 11.3 Å². The first kappa shape index (κ1) is 9.43. The van der Waals surface area contributed by atoms with E-state index in [2.05, 4.69) is 22.6 Å². The Morgan fingerprint density at radius 3 is 2.92 bits per heavy atom. The van der Waals surface area contributed by atoms with E-state index in [0.717, 1.165) is 19.9 Å². The second-order valence-corrected chi connectivity index (χ2v) is 5.34. The van der Waals surface area contributed by atoms with E-state index in [1.54, 1.807) is 0 Å². The summed E-state index contributed by atoms with van der Waals surface area (Å²) in [5.74, 6) is 0. The predicted molar refractivity (Wildman–Crippen MR) is 64.9 cm³/mol. The molecule has 0 aliphatic carbocycles. The number of rotatable bonds is 1. The van der Waals surface area contributed by atoms with Gasteiger partial charge in [0.05, 0.1) is 5.56 Å². The number of aldehydes is 1. The molecule has 0 spiro atoms. The van der Waals surface area contributed by atoms with E-state index in [1.807, 2.05) is 18.2 Å². The summed E-state index contributed by atoms with van der Waals surface area (Å²) in [6.45, 7) is 0. The minimum Gasteiger partial charge on any atom is -0.298 e. The molecule has 0 unspecified atom stereocenters. The minimum atomic E-state index is 0.578. The Bertz CT molecular complexity index is 478. The molecule has 0 N–H and O–H groups in total. The maximum Gasteiger partial charge on any atom is 0.153 e. The summed E-state index contributed by atoms with van der Waals surface area (Å²) in [5, 5.41) is 0.980. The number of thiophene rings is 1. The summed E-state index contributed by atoms with van der Waals surface area (Å²) in [5.41, 5.74) is 0.617. The molecule has 2 rings (SSSR count). The van der Waals surface area contributed by atoms with Crippen LogP contribution in [0.5, 0.6) is 0 Å². The molecule has 0 aliphatic rings. The highest BCUT2D eigenvalue weighted by molar-refractivity contribution is 14.1. The highest BCUT2D eigenvalue weighted by atomic mass is 127. The van der Waals surface area contributed by atoms with Crippen molar-refractivity contribution in [2.75, 3.05) is 0 Å². The van der Waals surface area contributed by atoms with E-state index < -0.39 is 0 Å². The second kappa shape index (κ2) is 3.55. The van der Waals surface area contributed by atoms with Crippen molar-refractivity contribution in [3.05, 3.63) is 31.7 Å². The molecule has 0 fully saturated rings. The molecular weight excluding hydrogens is 319 g/mol. The zero-order chi connectivity index (χ0) is 9.42. The fourth-order valence-electron chi connectivity index (χ4n) is 1.21. The summed E-state index contributed by atoms with van der Waals surface area (Å²) < 4.78 is 2.72. The molecule has 0 bridgehead atoms. The number of hydrogen-bond donors (Lipinski definition) is 0. The molecule has 0 amide bonds. The van der Waals surface area contributed by atoms with Crippen molar-refractivity contribution in [1.82, 2.24) is 0 Å². The first-order valence-corrected chi connectivity index (χ1v) is 5.83. The smallest absolute Gasteiger partial charge is 0.153 e. The second-order valence-electron chi connectivity index (χ2n) is 2.52. The average Bonchev–Trinajstić information content (AvgIpc) is 2.42. The fourth-order valence-corrected chi connectivity index (χ4v) is 3.49. The molecule has 13 heavy (non-hydrogen) atoms. The number of carbonyl (C=O) groups is 1. The molecule has 0 saturated heterocycles. The number of halogens is 2. The van der Waals surface area contributed by atoms with Gasteiger partial charge in [0, 0.05) is 13.7 Å². The average molecular weight is 323 g/mol. The Hall–Kier alpha value is -0.130.